The molecule has 196 valence electrons. The minimum atomic E-state index is -4.65. The molecule has 0 radical (unpaired) electrons. The highest BCUT2D eigenvalue weighted by molar-refractivity contribution is 5.75. The molecule has 37 heavy (non-hydrogen) atoms. The zero-order valence-electron chi connectivity index (χ0n) is 19.3. The Morgan fingerprint density at radius 3 is 2.54 bits per heavy atom. The Labute approximate surface area is 207 Å². The molecule has 0 bridgehead atoms. The van der Waals surface area contributed by atoms with Gasteiger partial charge in [0.2, 0.25) is 0 Å². The van der Waals surface area contributed by atoms with Crippen molar-refractivity contribution < 1.29 is 31.1 Å². The van der Waals surface area contributed by atoms with Crippen LogP contribution in [0.1, 0.15) is 35.2 Å². The Hall–Kier alpha value is -3.77. The van der Waals surface area contributed by atoms with E-state index in [-0.39, 0.29) is 12.1 Å². The standard InChI is InChI=1S/C24H22F6N6O/c25-23(26,27)16-3-1-2-14(8-16)11-33-21(37)35-6-4-22(13-35)5-7-36-19(22)10-18(34-36)15-9-17(24(28,29)30)20(31)32-12-15/h1-3,8-10,12H,4-7,11,13H2,(H2,31,32)(H,33,37). The largest absolute Gasteiger partial charge is 0.419 e. The lowest BCUT2D eigenvalue weighted by Gasteiger charge is -2.23. The number of nitrogens with two attached hydrogens (primary N) is 1. The Kier molecular flexibility index (Phi) is 5.83. The van der Waals surface area contributed by atoms with Crippen molar-refractivity contribution in [2.45, 2.75) is 43.7 Å². The molecule has 5 rings (SSSR count). The van der Waals surface area contributed by atoms with Crippen LogP contribution in [0.15, 0.2) is 42.6 Å². The number of pyridine rings is 1. The second-order valence-electron chi connectivity index (χ2n) is 9.35. The van der Waals surface area contributed by atoms with Crippen LogP contribution in [0.25, 0.3) is 11.3 Å². The van der Waals surface area contributed by atoms with Gasteiger partial charge in [-0.2, -0.15) is 31.4 Å². The molecule has 1 saturated heterocycles. The third-order valence-electron chi connectivity index (χ3n) is 6.98. The normalized spacial score (nSPS) is 19.5. The molecule has 0 aliphatic carbocycles. The van der Waals surface area contributed by atoms with Crippen LogP contribution in [0.4, 0.5) is 37.0 Å². The Morgan fingerprint density at radius 1 is 1.05 bits per heavy atom. The van der Waals surface area contributed by atoms with E-state index in [0.717, 1.165) is 23.9 Å². The number of aryl methyl sites for hydroxylation is 1. The summed E-state index contributed by atoms with van der Waals surface area (Å²) in [6, 6.07) is 7.02. The van der Waals surface area contributed by atoms with E-state index in [4.69, 9.17) is 5.73 Å². The van der Waals surface area contributed by atoms with Crippen LogP contribution in [0.2, 0.25) is 0 Å². The number of amides is 2. The van der Waals surface area contributed by atoms with E-state index in [2.05, 4.69) is 15.4 Å². The summed E-state index contributed by atoms with van der Waals surface area (Å²) in [6.45, 7) is 1.28. The maximum absolute atomic E-state index is 13.3. The molecule has 13 heteroatoms. The van der Waals surface area contributed by atoms with Crippen molar-refractivity contribution in [3.63, 3.8) is 0 Å². The maximum atomic E-state index is 13.3. The number of urea groups is 1. The van der Waals surface area contributed by atoms with Crippen molar-refractivity contribution >= 4 is 11.8 Å². The number of likely N-dealkylation sites (tertiary alicyclic amines) is 1. The number of carbonyl (C=O) groups is 1. The summed E-state index contributed by atoms with van der Waals surface area (Å²) in [5, 5.41) is 7.14. The highest BCUT2D eigenvalue weighted by Crippen LogP contribution is 2.44. The zero-order valence-corrected chi connectivity index (χ0v) is 19.3. The molecule has 7 nitrogen and oxygen atoms in total. The summed E-state index contributed by atoms with van der Waals surface area (Å²) >= 11 is 0. The minimum Gasteiger partial charge on any atom is -0.383 e. The van der Waals surface area contributed by atoms with Crippen LogP contribution in [0, 0.1) is 0 Å². The van der Waals surface area contributed by atoms with E-state index >= 15 is 0 Å². The molecular formula is C24H22F6N6O. The first-order valence-corrected chi connectivity index (χ1v) is 11.5. The zero-order chi connectivity index (χ0) is 26.6. The Balaban J connectivity index is 1.29. The minimum absolute atomic E-state index is 0.0555. The Bertz CT molecular complexity index is 1350. The number of nitrogens with one attached hydrogen (secondary N) is 1. The van der Waals surface area contributed by atoms with Crippen molar-refractivity contribution in [1.29, 1.82) is 0 Å². The average molecular weight is 524 g/mol. The van der Waals surface area contributed by atoms with Crippen LogP contribution in [0.3, 0.4) is 0 Å². The van der Waals surface area contributed by atoms with Gasteiger partial charge in [0.1, 0.15) is 5.82 Å². The van der Waals surface area contributed by atoms with E-state index in [1.807, 2.05) is 0 Å². The summed E-state index contributed by atoms with van der Waals surface area (Å²) in [6.07, 6.45) is -6.53. The molecule has 1 unspecified atom stereocenters. The summed E-state index contributed by atoms with van der Waals surface area (Å²) < 4.78 is 80.4. The average Bonchev–Trinajstić information content (AvgIpc) is 3.54. The molecule has 2 amide bonds. The molecule has 2 aliphatic rings. The van der Waals surface area contributed by atoms with Crippen molar-refractivity contribution in [2.24, 2.45) is 0 Å². The first kappa shape index (κ1) is 24.9. The van der Waals surface area contributed by atoms with Crippen LogP contribution in [0.5, 0.6) is 0 Å². The second kappa shape index (κ2) is 8.67. The number of benzene rings is 1. The van der Waals surface area contributed by atoms with Crippen molar-refractivity contribution in [1.82, 2.24) is 25.0 Å². The van der Waals surface area contributed by atoms with Gasteiger partial charge in [0.15, 0.2) is 0 Å². The predicted octanol–water partition coefficient (Wildman–Crippen LogP) is 4.82. The van der Waals surface area contributed by atoms with Gasteiger partial charge in [0.05, 0.1) is 16.8 Å². The van der Waals surface area contributed by atoms with Gasteiger partial charge in [0.25, 0.3) is 0 Å². The fraction of sp³-hybridized carbons (Fsp3) is 0.375. The third kappa shape index (κ3) is 4.69. The number of hydrogen-bond donors (Lipinski definition) is 2. The smallest absolute Gasteiger partial charge is 0.383 e. The molecule has 3 aromatic rings. The second-order valence-corrected chi connectivity index (χ2v) is 9.35. The number of fused-ring (bicyclic) bond motifs is 2. The highest BCUT2D eigenvalue weighted by atomic mass is 19.4. The van der Waals surface area contributed by atoms with Gasteiger partial charge < -0.3 is 16.0 Å². The first-order chi connectivity index (χ1) is 17.4. The van der Waals surface area contributed by atoms with Gasteiger partial charge in [-0.25, -0.2) is 9.78 Å². The summed E-state index contributed by atoms with van der Waals surface area (Å²) in [5.41, 5.74) is 4.85. The quantitative estimate of drug-likeness (QED) is 0.481. The SMILES string of the molecule is Nc1ncc(-c2cc3n(n2)CCC32CCN(C(=O)NCc3cccc(C(F)(F)F)c3)C2)cc1C(F)(F)F. The van der Waals surface area contributed by atoms with Gasteiger partial charge in [-0.3, -0.25) is 4.68 Å². The number of halogens is 6. The van der Waals surface area contributed by atoms with Crippen LogP contribution in [-0.2, 0) is 30.9 Å². The van der Waals surface area contributed by atoms with Crippen molar-refractivity contribution in [3.8, 4) is 11.3 Å². The predicted molar refractivity (Wildman–Crippen MR) is 121 cm³/mol. The van der Waals surface area contributed by atoms with E-state index in [9.17, 15) is 31.1 Å². The number of aromatic nitrogens is 3. The van der Waals surface area contributed by atoms with Crippen molar-refractivity contribution in [3.05, 3.63) is 65.0 Å². The third-order valence-corrected chi connectivity index (χ3v) is 6.98. The summed E-state index contributed by atoms with van der Waals surface area (Å²) in [5.74, 6) is -0.609. The monoisotopic (exact) mass is 524 g/mol. The van der Waals surface area contributed by atoms with Crippen LogP contribution >= 0.6 is 0 Å². The molecule has 1 aromatic carbocycles. The summed E-state index contributed by atoms with van der Waals surface area (Å²) in [7, 11) is 0. The van der Waals surface area contributed by atoms with Gasteiger partial charge in [-0.15, -0.1) is 0 Å². The molecule has 2 aromatic heterocycles. The van der Waals surface area contributed by atoms with E-state index in [1.165, 1.54) is 18.3 Å². The lowest BCUT2D eigenvalue weighted by molar-refractivity contribution is -0.138. The van der Waals surface area contributed by atoms with Crippen molar-refractivity contribution in [2.75, 3.05) is 18.8 Å². The van der Waals surface area contributed by atoms with Gasteiger partial charge in [-0.05, 0) is 42.7 Å². The van der Waals surface area contributed by atoms with E-state index in [1.54, 1.807) is 15.6 Å². The first-order valence-electron chi connectivity index (χ1n) is 11.5. The molecule has 3 N–H and O–H groups in total. The number of hydrogen-bond acceptors (Lipinski definition) is 4. The number of nitrogen functional groups attached to an aromatic ring is 1. The number of alkyl halides is 6. The molecular weight excluding hydrogens is 502 g/mol. The van der Waals surface area contributed by atoms with Gasteiger partial charge in [0, 0.05) is 49.0 Å². The molecule has 0 saturated carbocycles. The maximum Gasteiger partial charge on any atom is 0.419 e. The van der Waals surface area contributed by atoms with E-state index < -0.39 is 40.7 Å². The van der Waals surface area contributed by atoms with Crippen LogP contribution < -0.4 is 11.1 Å². The van der Waals surface area contributed by atoms with Crippen LogP contribution in [-0.4, -0.2) is 38.8 Å². The van der Waals surface area contributed by atoms with Gasteiger partial charge in [-0.1, -0.05) is 12.1 Å². The number of rotatable bonds is 3. The highest BCUT2D eigenvalue weighted by Gasteiger charge is 2.47. The lowest BCUT2D eigenvalue weighted by Crippen LogP contribution is -2.40. The summed E-state index contributed by atoms with van der Waals surface area (Å²) in [4.78, 5) is 18.1. The van der Waals surface area contributed by atoms with E-state index in [0.29, 0.717) is 43.7 Å². The number of anilines is 1. The lowest BCUT2D eigenvalue weighted by atomic mass is 9.82. The number of carbonyl (C=O) groups excluding carboxylic acids is 1. The fourth-order valence-corrected chi connectivity index (χ4v) is 5.05. The molecule has 1 atom stereocenters. The van der Waals surface area contributed by atoms with Gasteiger partial charge >= 0.3 is 18.4 Å². The number of nitrogens with zero attached hydrogens (tertiary/aromatic N) is 4. The Morgan fingerprint density at radius 2 is 1.81 bits per heavy atom. The molecule has 1 spiro atoms. The molecule has 1 fully saturated rings. The topological polar surface area (TPSA) is 89.1 Å². The molecule has 2 aliphatic heterocycles. The molecule has 4 heterocycles. The fourth-order valence-electron chi connectivity index (χ4n) is 5.05.